The van der Waals surface area contributed by atoms with E-state index in [1.165, 1.54) is 0 Å². The predicted octanol–water partition coefficient (Wildman–Crippen LogP) is 1.81. The van der Waals surface area contributed by atoms with Gasteiger partial charge in [0.25, 0.3) is 11.8 Å². The number of furan rings is 1. The number of benzene rings is 2. The first-order valence-corrected chi connectivity index (χ1v) is 9.37. The Kier molecular flexibility index (Phi) is 7.27. The number of amides is 2. The molecule has 2 aromatic carbocycles. The molecule has 1 aromatic heterocycles. The zero-order chi connectivity index (χ0) is 20.5. The van der Waals surface area contributed by atoms with Crippen LogP contribution in [0.25, 0.3) is 0 Å². The zero-order valence-corrected chi connectivity index (χ0v) is 16.3. The van der Waals surface area contributed by atoms with E-state index in [0.717, 1.165) is 11.3 Å². The van der Waals surface area contributed by atoms with Crippen LogP contribution in [0.15, 0.2) is 77.4 Å². The lowest BCUT2D eigenvalue weighted by molar-refractivity contribution is -0.678. The highest BCUT2D eigenvalue weighted by Gasteiger charge is 2.21. The SMILES string of the molecule is O=C(C[NH2+][C@H](c1ccccc1)c1ccco1)NNC(=O)COc1ccc(Cl)cc1. The molecule has 4 N–H and O–H groups in total. The number of hydrogen-bond donors (Lipinski definition) is 3. The van der Waals surface area contributed by atoms with Gasteiger partial charge in [0.1, 0.15) is 5.75 Å². The molecule has 0 fully saturated rings. The highest BCUT2D eigenvalue weighted by atomic mass is 35.5. The molecule has 2 amide bonds. The molecule has 1 heterocycles. The number of rotatable bonds is 8. The van der Waals surface area contributed by atoms with Gasteiger partial charge < -0.3 is 14.5 Å². The summed E-state index contributed by atoms with van der Waals surface area (Å²) in [5.41, 5.74) is 5.72. The van der Waals surface area contributed by atoms with Gasteiger partial charge in [-0.05, 0) is 36.4 Å². The molecule has 0 unspecified atom stereocenters. The van der Waals surface area contributed by atoms with Gasteiger partial charge in [-0.2, -0.15) is 0 Å². The van der Waals surface area contributed by atoms with Crippen LogP contribution in [0.4, 0.5) is 0 Å². The van der Waals surface area contributed by atoms with E-state index in [4.69, 9.17) is 20.8 Å². The van der Waals surface area contributed by atoms with Gasteiger partial charge in [-0.15, -0.1) is 0 Å². The molecular weight excluding hydrogens is 394 g/mol. The second kappa shape index (κ2) is 10.3. The molecule has 0 spiro atoms. The lowest BCUT2D eigenvalue weighted by atomic mass is 10.0. The van der Waals surface area contributed by atoms with Crippen molar-refractivity contribution in [3.8, 4) is 5.75 Å². The third-order valence-electron chi connectivity index (χ3n) is 4.07. The monoisotopic (exact) mass is 414 g/mol. The van der Waals surface area contributed by atoms with Crippen molar-refractivity contribution in [2.45, 2.75) is 6.04 Å². The smallest absolute Gasteiger partial charge is 0.293 e. The van der Waals surface area contributed by atoms with Crippen LogP contribution < -0.4 is 20.9 Å². The normalized spacial score (nSPS) is 11.5. The lowest BCUT2D eigenvalue weighted by Gasteiger charge is -2.14. The summed E-state index contributed by atoms with van der Waals surface area (Å²) in [6.45, 7) is -0.136. The van der Waals surface area contributed by atoms with Crippen LogP contribution in [-0.4, -0.2) is 25.0 Å². The Morgan fingerprint density at radius 3 is 2.38 bits per heavy atom. The fourth-order valence-electron chi connectivity index (χ4n) is 2.68. The van der Waals surface area contributed by atoms with E-state index in [2.05, 4.69) is 10.9 Å². The maximum atomic E-state index is 12.1. The van der Waals surface area contributed by atoms with Crippen LogP contribution >= 0.6 is 11.6 Å². The van der Waals surface area contributed by atoms with Gasteiger partial charge in [-0.3, -0.25) is 20.4 Å². The molecule has 29 heavy (non-hydrogen) atoms. The Labute approximate surface area is 173 Å². The summed E-state index contributed by atoms with van der Waals surface area (Å²) in [4.78, 5) is 24.0. The Morgan fingerprint density at radius 1 is 0.966 bits per heavy atom. The van der Waals surface area contributed by atoms with Gasteiger partial charge in [-0.1, -0.05) is 41.9 Å². The van der Waals surface area contributed by atoms with Crippen LogP contribution in [0.2, 0.25) is 5.02 Å². The number of carbonyl (C=O) groups is 2. The lowest BCUT2D eigenvalue weighted by Crippen LogP contribution is -2.88. The molecule has 0 aliphatic carbocycles. The van der Waals surface area contributed by atoms with Gasteiger partial charge in [0, 0.05) is 10.6 Å². The summed E-state index contributed by atoms with van der Waals surface area (Å²) >= 11 is 5.79. The summed E-state index contributed by atoms with van der Waals surface area (Å²) in [5, 5.41) is 2.41. The quantitative estimate of drug-likeness (QED) is 0.490. The minimum atomic E-state index is -0.473. The van der Waals surface area contributed by atoms with Crippen LogP contribution in [0.1, 0.15) is 17.4 Å². The minimum absolute atomic E-state index is 0.0958. The molecule has 0 bridgehead atoms. The zero-order valence-electron chi connectivity index (χ0n) is 15.5. The fourth-order valence-corrected chi connectivity index (χ4v) is 2.80. The molecule has 0 saturated heterocycles. The molecule has 3 rings (SSSR count). The molecule has 0 saturated carbocycles. The van der Waals surface area contributed by atoms with Crippen LogP contribution in [0, 0.1) is 0 Å². The van der Waals surface area contributed by atoms with Crippen molar-refractivity contribution in [1.29, 1.82) is 0 Å². The van der Waals surface area contributed by atoms with Crippen LogP contribution in [0.3, 0.4) is 0 Å². The second-order valence-electron chi connectivity index (χ2n) is 6.18. The number of hydrazine groups is 1. The fraction of sp³-hybridized carbons (Fsp3) is 0.143. The molecule has 0 radical (unpaired) electrons. The number of quaternary nitrogens is 1. The number of nitrogens with two attached hydrogens (primary N) is 1. The number of carbonyl (C=O) groups excluding carboxylic acids is 2. The maximum Gasteiger partial charge on any atom is 0.293 e. The van der Waals surface area contributed by atoms with E-state index in [-0.39, 0.29) is 25.1 Å². The van der Waals surface area contributed by atoms with Crippen molar-refractivity contribution in [2.75, 3.05) is 13.2 Å². The second-order valence-corrected chi connectivity index (χ2v) is 6.62. The number of ether oxygens (including phenoxy) is 1. The first kappa shape index (κ1) is 20.4. The minimum Gasteiger partial charge on any atom is -0.484 e. The largest absolute Gasteiger partial charge is 0.484 e. The third kappa shape index (κ3) is 6.38. The van der Waals surface area contributed by atoms with Crippen LogP contribution in [-0.2, 0) is 9.59 Å². The molecule has 3 aromatic rings. The van der Waals surface area contributed by atoms with E-state index in [1.54, 1.807) is 36.6 Å². The summed E-state index contributed by atoms with van der Waals surface area (Å²) in [6.07, 6.45) is 1.60. The number of hydrogen-bond acceptors (Lipinski definition) is 4. The van der Waals surface area contributed by atoms with Crippen LogP contribution in [0.5, 0.6) is 5.75 Å². The van der Waals surface area contributed by atoms with Crippen molar-refractivity contribution in [3.63, 3.8) is 0 Å². The van der Waals surface area contributed by atoms with Gasteiger partial charge in [0.05, 0.1) is 6.26 Å². The Hall–Kier alpha value is -3.29. The first-order valence-electron chi connectivity index (χ1n) is 8.99. The molecule has 7 nitrogen and oxygen atoms in total. The van der Waals surface area contributed by atoms with E-state index >= 15 is 0 Å². The van der Waals surface area contributed by atoms with Crippen molar-refractivity contribution in [1.82, 2.24) is 10.9 Å². The van der Waals surface area contributed by atoms with E-state index < -0.39 is 5.91 Å². The van der Waals surface area contributed by atoms with Gasteiger partial charge in [-0.25, -0.2) is 0 Å². The maximum absolute atomic E-state index is 12.1. The summed E-state index contributed by atoms with van der Waals surface area (Å²) in [5.74, 6) is 0.425. The first-order chi connectivity index (χ1) is 14.1. The molecule has 150 valence electrons. The van der Waals surface area contributed by atoms with Crippen molar-refractivity contribution in [2.24, 2.45) is 0 Å². The molecule has 1 atom stereocenters. The predicted molar refractivity (Wildman–Crippen MR) is 107 cm³/mol. The van der Waals surface area contributed by atoms with Crippen molar-refractivity contribution in [3.05, 3.63) is 89.3 Å². The Bertz CT molecular complexity index is 915. The van der Waals surface area contributed by atoms with E-state index in [0.29, 0.717) is 10.8 Å². The topological polar surface area (TPSA) is 97.2 Å². The van der Waals surface area contributed by atoms with Crippen molar-refractivity contribution >= 4 is 23.4 Å². The highest BCUT2D eigenvalue weighted by Crippen LogP contribution is 2.18. The summed E-state index contributed by atoms with van der Waals surface area (Å²) < 4.78 is 10.8. The number of nitrogens with one attached hydrogen (secondary N) is 2. The molecule has 0 aliphatic heterocycles. The van der Waals surface area contributed by atoms with Gasteiger partial charge >= 0.3 is 0 Å². The summed E-state index contributed by atoms with van der Waals surface area (Å²) in [7, 11) is 0. The Balaban J connectivity index is 1.44. The molecular formula is C21H21ClN3O4+. The highest BCUT2D eigenvalue weighted by molar-refractivity contribution is 6.30. The number of halogens is 1. The van der Waals surface area contributed by atoms with Crippen molar-refractivity contribution < 1.29 is 24.1 Å². The molecule has 0 aliphatic rings. The third-order valence-corrected chi connectivity index (χ3v) is 4.32. The molecule has 8 heteroatoms. The summed E-state index contributed by atoms with van der Waals surface area (Å²) in [6, 6.07) is 19.9. The average molecular weight is 415 g/mol. The Morgan fingerprint density at radius 2 is 1.69 bits per heavy atom. The van der Waals surface area contributed by atoms with E-state index in [9.17, 15) is 9.59 Å². The van der Waals surface area contributed by atoms with Gasteiger partial charge in [0.2, 0.25) is 0 Å². The van der Waals surface area contributed by atoms with Gasteiger partial charge in [0.15, 0.2) is 25.0 Å². The standard InChI is InChI=1S/C21H20ClN3O4/c22-16-8-10-17(11-9-16)29-14-20(27)25-24-19(26)13-23-21(18-7-4-12-28-18)15-5-2-1-3-6-15/h1-12,21,23H,13-14H2,(H,24,26)(H,25,27)/p+1/t21-/m1/s1. The average Bonchev–Trinajstić information content (AvgIpc) is 3.27. The van der Waals surface area contributed by atoms with E-state index in [1.807, 2.05) is 41.7 Å².